The molecule has 0 radical (unpaired) electrons. The molecule has 5 nitrogen and oxygen atoms in total. The van der Waals surface area contributed by atoms with Crippen LogP contribution in [0.1, 0.15) is 19.3 Å². The molecule has 122 valence electrons. The Morgan fingerprint density at radius 3 is 2.55 bits per heavy atom. The molecule has 1 N–H and O–H groups in total. The number of H-pyrrole nitrogens is 1. The van der Waals surface area contributed by atoms with Crippen LogP contribution in [0, 0.1) is 0 Å². The van der Waals surface area contributed by atoms with Crippen molar-refractivity contribution >= 4 is 24.8 Å². The molecule has 1 fully saturated rings. The maximum atomic E-state index is 12.0. The molecule has 0 bridgehead atoms. The number of nitrogens with one attached hydrogen (secondary N) is 1. The van der Waals surface area contributed by atoms with E-state index in [9.17, 15) is 4.79 Å². The van der Waals surface area contributed by atoms with Gasteiger partial charge in [0.05, 0.1) is 17.8 Å². The van der Waals surface area contributed by atoms with Gasteiger partial charge in [0.2, 0.25) is 0 Å². The van der Waals surface area contributed by atoms with E-state index in [0.717, 1.165) is 18.8 Å². The average molecular weight is 345 g/mol. The molecule has 0 aliphatic carbocycles. The molecule has 0 unspecified atom stereocenters. The Hall–Kier alpha value is -1.30. The van der Waals surface area contributed by atoms with Gasteiger partial charge >= 0.3 is 0 Å². The van der Waals surface area contributed by atoms with E-state index in [1.54, 1.807) is 6.20 Å². The zero-order valence-electron chi connectivity index (χ0n) is 12.4. The number of aromatic amines is 1. The largest absolute Gasteiger partial charge is 0.302 e. The Morgan fingerprint density at radius 1 is 1.09 bits per heavy atom. The number of halogens is 2. The van der Waals surface area contributed by atoms with Gasteiger partial charge in [0.1, 0.15) is 0 Å². The normalized spacial score (nSPS) is 14.9. The highest BCUT2D eigenvalue weighted by molar-refractivity contribution is 5.85. The lowest BCUT2D eigenvalue weighted by atomic mass is 10.1. The fourth-order valence-electron chi connectivity index (χ4n) is 2.69. The molecular formula is C15H22Cl2N4O. The molecule has 22 heavy (non-hydrogen) atoms. The minimum Gasteiger partial charge on any atom is -0.302 e. The van der Waals surface area contributed by atoms with Crippen molar-refractivity contribution in [3.63, 3.8) is 0 Å². The van der Waals surface area contributed by atoms with Gasteiger partial charge in [-0.05, 0) is 38.1 Å². The van der Waals surface area contributed by atoms with E-state index >= 15 is 0 Å². The van der Waals surface area contributed by atoms with Crippen LogP contribution >= 0.6 is 24.8 Å². The number of hydrogen-bond acceptors (Lipinski definition) is 3. The van der Waals surface area contributed by atoms with Crippen molar-refractivity contribution in [3.8, 4) is 11.3 Å². The molecule has 0 amide bonds. The molecule has 0 saturated carbocycles. The van der Waals surface area contributed by atoms with E-state index in [1.165, 1.54) is 32.4 Å². The summed E-state index contributed by atoms with van der Waals surface area (Å²) in [7, 11) is 0. The summed E-state index contributed by atoms with van der Waals surface area (Å²) in [5.41, 5.74) is 1.30. The van der Waals surface area contributed by atoms with Crippen molar-refractivity contribution in [2.75, 3.05) is 19.6 Å². The van der Waals surface area contributed by atoms with Crippen molar-refractivity contribution in [1.29, 1.82) is 0 Å². The smallest absolute Gasteiger partial charge is 0.273 e. The molecular weight excluding hydrogens is 323 g/mol. The first-order valence-corrected chi connectivity index (χ1v) is 7.26. The van der Waals surface area contributed by atoms with Crippen LogP contribution in [0.15, 0.2) is 35.4 Å². The number of rotatable bonds is 4. The predicted molar refractivity (Wildman–Crippen MR) is 93.1 cm³/mol. The lowest BCUT2D eigenvalue weighted by molar-refractivity contribution is 0.218. The van der Waals surface area contributed by atoms with Crippen LogP contribution in [-0.2, 0) is 6.54 Å². The molecule has 0 aromatic carbocycles. The second kappa shape index (κ2) is 8.98. The molecule has 2 aromatic rings. The van der Waals surface area contributed by atoms with Gasteiger partial charge in [0, 0.05) is 18.9 Å². The van der Waals surface area contributed by atoms with Crippen LogP contribution in [0.25, 0.3) is 11.3 Å². The van der Waals surface area contributed by atoms with Crippen LogP contribution in [0.5, 0.6) is 0 Å². The standard InChI is InChI=1S/C15H20N4O.2ClH/c20-15-13(14-6-2-3-7-16-14)12-19(17-15)11-10-18-8-4-1-5-9-18;;/h2-3,6-7,12H,1,4-5,8-11H2,(H,17,20);2*1H. The Kier molecular flexibility index (Phi) is 7.65. The minimum atomic E-state index is -0.0673. The van der Waals surface area contributed by atoms with Crippen molar-refractivity contribution in [2.24, 2.45) is 0 Å². The van der Waals surface area contributed by atoms with Crippen LogP contribution in [0.2, 0.25) is 0 Å². The number of hydrogen-bond donors (Lipinski definition) is 1. The lowest BCUT2D eigenvalue weighted by Gasteiger charge is -2.26. The second-order valence-corrected chi connectivity index (χ2v) is 5.29. The van der Waals surface area contributed by atoms with E-state index < -0.39 is 0 Å². The van der Waals surface area contributed by atoms with Crippen LogP contribution in [0.3, 0.4) is 0 Å². The van der Waals surface area contributed by atoms with Crippen LogP contribution < -0.4 is 5.56 Å². The van der Waals surface area contributed by atoms with E-state index in [2.05, 4.69) is 15.0 Å². The number of nitrogens with zero attached hydrogens (tertiary/aromatic N) is 3. The summed E-state index contributed by atoms with van der Waals surface area (Å²) in [6, 6.07) is 5.61. The number of piperidine rings is 1. The van der Waals surface area contributed by atoms with Crippen molar-refractivity contribution < 1.29 is 0 Å². The third kappa shape index (κ3) is 4.60. The van der Waals surface area contributed by atoms with Crippen molar-refractivity contribution in [2.45, 2.75) is 25.8 Å². The zero-order chi connectivity index (χ0) is 13.8. The third-order valence-electron chi connectivity index (χ3n) is 3.82. The fraction of sp³-hybridized carbons (Fsp3) is 0.467. The molecule has 2 aromatic heterocycles. The highest BCUT2D eigenvalue weighted by Crippen LogP contribution is 2.11. The first-order valence-electron chi connectivity index (χ1n) is 7.26. The molecule has 7 heteroatoms. The average Bonchev–Trinajstić information content (AvgIpc) is 2.88. The zero-order valence-corrected chi connectivity index (χ0v) is 14.0. The number of aromatic nitrogens is 3. The molecule has 1 aliphatic rings. The van der Waals surface area contributed by atoms with E-state index in [-0.39, 0.29) is 30.4 Å². The topological polar surface area (TPSA) is 53.9 Å². The Bertz CT molecular complexity index is 606. The van der Waals surface area contributed by atoms with Gasteiger partial charge in [0.15, 0.2) is 0 Å². The fourth-order valence-corrected chi connectivity index (χ4v) is 2.69. The molecule has 1 saturated heterocycles. The summed E-state index contributed by atoms with van der Waals surface area (Å²) in [5.74, 6) is 0. The van der Waals surface area contributed by atoms with Crippen LogP contribution in [0.4, 0.5) is 0 Å². The quantitative estimate of drug-likeness (QED) is 0.927. The Balaban J connectivity index is 0.00000121. The maximum Gasteiger partial charge on any atom is 0.273 e. The Labute approximate surface area is 142 Å². The molecule has 0 atom stereocenters. The molecule has 3 rings (SSSR count). The third-order valence-corrected chi connectivity index (χ3v) is 3.82. The van der Waals surface area contributed by atoms with Gasteiger partial charge in [-0.3, -0.25) is 19.6 Å². The van der Waals surface area contributed by atoms with Crippen LogP contribution in [-0.4, -0.2) is 39.3 Å². The summed E-state index contributed by atoms with van der Waals surface area (Å²) in [5, 5.41) is 2.88. The highest BCUT2D eigenvalue weighted by Gasteiger charge is 2.11. The first-order chi connectivity index (χ1) is 9.83. The van der Waals surface area contributed by atoms with Gasteiger partial charge in [-0.25, -0.2) is 0 Å². The lowest BCUT2D eigenvalue weighted by Crippen LogP contribution is -2.32. The van der Waals surface area contributed by atoms with E-state index in [4.69, 9.17) is 0 Å². The SMILES string of the molecule is Cl.Cl.O=c1[nH]n(CCN2CCCCC2)cc1-c1ccccn1. The maximum absolute atomic E-state index is 12.0. The predicted octanol–water partition coefficient (Wildman–Crippen LogP) is 2.57. The number of pyridine rings is 1. The Morgan fingerprint density at radius 2 is 1.86 bits per heavy atom. The van der Waals surface area contributed by atoms with Gasteiger partial charge in [-0.15, -0.1) is 24.8 Å². The highest BCUT2D eigenvalue weighted by atomic mass is 35.5. The second-order valence-electron chi connectivity index (χ2n) is 5.29. The van der Waals surface area contributed by atoms with Gasteiger partial charge in [-0.2, -0.15) is 0 Å². The van der Waals surface area contributed by atoms with E-state index in [1.807, 2.05) is 29.1 Å². The molecule has 3 heterocycles. The molecule has 1 aliphatic heterocycles. The van der Waals surface area contributed by atoms with Gasteiger partial charge in [-0.1, -0.05) is 12.5 Å². The summed E-state index contributed by atoms with van der Waals surface area (Å²) >= 11 is 0. The van der Waals surface area contributed by atoms with Gasteiger partial charge < -0.3 is 4.90 Å². The summed E-state index contributed by atoms with van der Waals surface area (Å²) < 4.78 is 1.88. The monoisotopic (exact) mass is 344 g/mol. The summed E-state index contributed by atoms with van der Waals surface area (Å²) in [6.45, 7) is 4.17. The molecule has 0 spiro atoms. The van der Waals surface area contributed by atoms with Crippen molar-refractivity contribution in [1.82, 2.24) is 19.7 Å². The van der Waals surface area contributed by atoms with Gasteiger partial charge in [0.25, 0.3) is 5.56 Å². The first kappa shape index (κ1) is 18.7. The minimum absolute atomic E-state index is 0. The summed E-state index contributed by atoms with van der Waals surface area (Å²) in [6.07, 6.45) is 7.51. The number of likely N-dealkylation sites (tertiary alicyclic amines) is 1. The summed E-state index contributed by atoms with van der Waals surface area (Å²) in [4.78, 5) is 18.7. The van der Waals surface area contributed by atoms with E-state index in [0.29, 0.717) is 5.56 Å². The van der Waals surface area contributed by atoms with Crippen molar-refractivity contribution in [3.05, 3.63) is 40.9 Å².